The average Bonchev–Trinajstić information content (AvgIpc) is 3.01. The molecule has 1 aliphatic heterocycles. The first-order valence-corrected chi connectivity index (χ1v) is 11.0. The molecule has 1 aliphatic rings. The van der Waals surface area contributed by atoms with Crippen LogP contribution in [-0.4, -0.2) is 60.4 Å². The Morgan fingerprint density at radius 1 is 1.09 bits per heavy atom. The molecule has 3 rings (SSSR count). The summed E-state index contributed by atoms with van der Waals surface area (Å²) in [5.41, 5.74) is 3.36. The Balaban J connectivity index is 2.09. The number of benzene rings is 2. The summed E-state index contributed by atoms with van der Waals surface area (Å²) in [4.78, 5) is 29.5. The quantitative estimate of drug-likeness (QED) is 0.384. The molecule has 0 bridgehead atoms. The summed E-state index contributed by atoms with van der Waals surface area (Å²) < 4.78 is 5.73. The molecule has 6 nitrogen and oxygen atoms in total. The molecule has 1 N–H and O–H groups in total. The molecule has 170 valence electrons. The molecule has 1 amide bonds. The topological polar surface area (TPSA) is 70.1 Å². The van der Waals surface area contributed by atoms with E-state index >= 15 is 0 Å². The first-order chi connectivity index (χ1) is 15.2. The van der Waals surface area contributed by atoms with Gasteiger partial charge in [0.25, 0.3) is 11.7 Å². The molecule has 0 saturated carbocycles. The van der Waals surface area contributed by atoms with Gasteiger partial charge in [-0.2, -0.15) is 0 Å². The number of likely N-dealkylation sites (N-methyl/N-ethyl adjacent to an activating group) is 1. The van der Waals surface area contributed by atoms with E-state index in [9.17, 15) is 14.7 Å². The highest BCUT2D eigenvalue weighted by Gasteiger charge is 2.45. The Kier molecular flexibility index (Phi) is 7.36. The van der Waals surface area contributed by atoms with Crippen molar-refractivity contribution in [2.24, 2.45) is 0 Å². The lowest BCUT2D eigenvalue weighted by atomic mass is 9.94. The van der Waals surface area contributed by atoms with E-state index < -0.39 is 17.7 Å². The van der Waals surface area contributed by atoms with Gasteiger partial charge in [0.2, 0.25) is 0 Å². The number of ketones is 1. The van der Waals surface area contributed by atoms with Gasteiger partial charge in [0, 0.05) is 18.7 Å². The lowest BCUT2D eigenvalue weighted by molar-refractivity contribution is -0.140. The van der Waals surface area contributed by atoms with E-state index in [-0.39, 0.29) is 11.3 Å². The minimum absolute atomic E-state index is 0.124. The minimum Gasteiger partial charge on any atom is -0.507 e. The smallest absolute Gasteiger partial charge is 0.295 e. The van der Waals surface area contributed by atoms with Crippen molar-refractivity contribution in [3.05, 3.63) is 70.3 Å². The van der Waals surface area contributed by atoms with Crippen molar-refractivity contribution in [1.82, 2.24) is 9.80 Å². The first kappa shape index (κ1) is 23.5. The van der Waals surface area contributed by atoms with E-state index in [1.165, 1.54) is 0 Å². The van der Waals surface area contributed by atoms with Crippen molar-refractivity contribution >= 4 is 17.4 Å². The van der Waals surface area contributed by atoms with Crippen LogP contribution in [0.5, 0.6) is 5.75 Å². The Bertz CT molecular complexity index is 1020. The second-order valence-corrected chi connectivity index (χ2v) is 8.54. The number of amides is 1. The molecule has 2 aromatic rings. The molecular formula is C26H32N2O4. The molecule has 2 aromatic carbocycles. The van der Waals surface area contributed by atoms with E-state index in [1.807, 2.05) is 64.0 Å². The Labute approximate surface area is 190 Å². The second kappa shape index (κ2) is 10.0. The fourth-order valence-corrected chi connectivity index (χ4v) is 3.84. The number of carbonyl (C=O) groups is 2. The van der Waals surface area contributed by atoms with E-state index in [0.717, 1.165) is 28.9 Å². The molecule has 1 atom stereocenters. The lowest BCUT2D eigenvalue weighted by Crippen LogP contribution is -2.35. The van der Waals surface area contributed by atoms with Crippen molar-refractivity contribution in [3.63, 3.8) is 0 Å². The standard InChI is InChI=1S/C26H32N2O4/c1-6-15-32-21-12-11-20(16-18(21)3)24(29)22-23(19-9-7-17(2)8-10-19)28(14-13-27(4)5)26(31)25(22)30/h7-12,16,23,29H,6,13-15H2,1-5H3/b24-22+. The van der Waals surface area contributed by atoms with Gasteiger partial charge in [0.1, 0.15) is 11.5 Å². The van der Waals surface area contributed by atoms with Gasteiger partial charge in [0.05, 0.1) is 18.2 Å². The van der Waals surface area contributed by atoms with Gasteiger partial charge in [-0.05, 0) is 63.7 Å². The van der Waals surface area contributed by atoms with Crippen molar-refractivity contribution in [2.75, 3.05) is 33.8 Å². The first-order valence-electron chi connectivity index (χ1n) is 11.0. The summed E-state index contributed by atoms with van der Waals surface area (Å²) in [6.07, 6.45) is 0.897. The van der Waals surface area contributed by atoms with Crippen LogP contribution in [0.15, 0.2) is 48.0 Å². The molecular weight excluding hydrogens is 404 g/mol. The number of rotatable bonds is 8. The van der Waals surface area contributed by atoms with Crippen molar-refractivity contribution in [3.8, 4) is 5.75 Å². The third kappa shape index (κ3) is 4.86. The predicted octanol–water partition coefficient (Wildman–Crippen LogP) is 4.08. The minimum atomic E-state index is -0.657. The van der Waals surface area contributed by atoms with Gasteiger partial charge in [-0.25, -0.2) is 0 Å². The van der Waals surface area contributed by atoms with Crippen molar-refractivity contribution in [1.29, 1.82) is 0 Å². The molecule has 0 radical (unpaired) electrons. The number of aliphatic hydroxyl groups is 1. The van der Waals surface area contributed by atoms with Crippen LogP contribution in [0.4, 0.5) is 0 Å². The average molecular weight is 437 g/mol. The van der Waals surface area contributed by atoms with Crippen LogP contribution < -0.4 is 4.74 Å². The van der Waals surface area contributed by atoms with Gasteiger partial charge in [0.15, 0.2) is 0 Å². The molecule has 0 spiro atoms. The summed E-state index contributed by atoms with van der Waals surface area (Å²) in [7, 11) is 3.84. The highest BCUT2D eigenvalue weighted by Crippen LogP contribution is 2.39. The zero-order valence-electron chi connectivity index (χ0n) is 19.5. The summed E-state index contributed by atoms with van der Waals surface area (Å²) in [6.45, 7) is 7.52. The molecule has 32 heavy (non-hydrogen) atoms. The maximum absolute atomic E-state index is 13.1. The normalized spacial score (nSPS) is 17.9. The SMILES string of the molecule is CCCOc1ccc(/C(O)=C2\C(=O)C(=O)N(CCN(C)C)C2c2ccc(C)cc2)cc1C. The van der Waals surface area contributed by atoms with Crippen LogP contribution in [0.1, 0.15) is 41.6 Å². The highest BCUT2D eigenvalue weighted by molar-refractivity contribution is 6.46. The number of carbonyl (C=O) groups excluding carboxylic acids is 2. The monoisotopic (exact) mass is 436 g/mol. The Hall–Kier alpha value is -3.12. The zero-order chi connectivity index (χ0) is 23.4. The molecule has 0 aliphatic carbocycles. The van der Waals surface area contributed by atoms with Crippen LogP contribution >= 0.6 is 0 Å². The van der Waals surface area contributed by atoms with Crippen molar-refractivity contribution < 1.29 is 19.4 Å². The number of nitrogens with zero attached hydrogens (tertiary/aromatic N) is 2. The van der Waals surface area contributed by atoms with Crippen LogP contribution in [0.2, 0.25) is 0 Å². The fraction of sp³-hybridized carbons (Fsp3) is 0.385. The number of hydrogen-bond acceptors (Lipinski definition) is 5. The molecule has 1 fully saturated rings. The van der Waals surface area contributed by atoms with Gasteiger partial charge < -0.3 is 19.6 Å². The summed E-state index contributed by atoms with van der Waals surface area (Å²) >= 11 is 0. The number of aryl methyl sites for hydroxylation is 2. The third-order valence-electron chi connectivity index (χ3n) is 5.63. The van der Waals surface area contributed by atoms with Gasteiger partial charge in [-0.1, -0.05) is 36.8 Å². The molecule has 0 aromatic heterocycles. The molecule has 1 saturated heterocycles. The molecule has 1 unspecified atom stereocenters. The van der Waals surface area contributed by atoms with Crippen molar-refractivity contribution in [2.45, 2.75) is 33.2 Å². The van der Waals surface area contributed by atoms with E-state index in [4.69, 9.17) is 4.74 Å². The molecule has 1 heterocycles. The number of hydrogen-bond donors (Lipinski definition) is 1. The summed E-state index contributed by atoms with van der Waals surface area (Å²) in [5, 5.41) is 11.2. The summed E-state index contributed by atoms with van der Waals surface area (Å²) in [6, 6.07) is 12.4. The van der Waals surface area contributed by atoms with Crippen LogP contribution in [0.25, 0.3) is 5.76 Å². The van der Waals surface area contributed by atoms with Crippen LogP contribution in [0.3, 0.4) is 0 Å². The van der Waals surface area contributed by atoms with Crippen LogP contribution in [0, 0.1) is 13.8 Å². The maximum Gasteiger partial charge on any atom is 0.295 e. The predicted molar refractivity (Wildman–Crippen MR) is 126 cm³/mol. The number of ether oxygens (including phenoxy) is 1. The number of Topliss-reactive ketones (excluding diaryl/α,β-unsaturated/α-hetero) is 1. The summed E-state index contributed by atoms with van der Waals surface area (Å²) in [5.74, 6) is -0.661. The van der Waals surface area contributed by atoms with Gasteiger partial charge in [-0.3, -0.25) is 9.59 Å². The Morgan fingerprint density at radius 3 is 2.38 bits per heavy atom. The fourth-order valence-electron chi connectivity index (χ4n) is 3.84. The zero-order valence-corrected chi connectivity index (χ0v) is 19.5. The third-order valence-corrected chi connectivity index (χ3v) is 5.63. The largest absolute Gasteiger partial charge is 0.507 e. The number of likely N-dealkylation sites (tertiary alicyclic amines) is 1. The van der Waals surface area contributed by atoms with Crippen LogP contribution in [-0.2, 0) is 9.59 Å². The Morgan fingerprint density at radius 2 is 1.78 bits per heavy atom. The van der Waals surface area contributed by atoms with Gasteiger partial charge in [-0.15, -0.1) is 0 Å². The van der Waals surface area contributed by atoms with E-state index in [1.54, 1.807) is 23.1 Å². The molecule has 6 heteroatoms. The highest BCUT2D eigenvalue weighted by atomic mass is 16.5. The number of aliphatic hydroxyl groups excluding tert-OH is 1. The second-order valence-electron chi connectivity index (χ2n) is 8.54. The lowest BCUT2D eigenvalue weighted by Gasteiger charge is -2.26. The van der Waals surface area contributed by atoms with E-state index in [2.05, 4.69) is 0 Å². The van der Waals surface area contributed by atoms with Gasteiger partial charge >= 0.3 is 0 Å². The van der Waals surface area contributed by atoms with E-state index in [0.29, 0.717) is 25.3 Å². The maximum atomic E-state index is 13.1.